The van der Waals surface area contributed by atoms with Crippen LogP contribution in [0.5, 0.6) is 5.75 Å². The molecular formula is C26H40IN5O. The highest BCUT2D eigenvalue weighted by molar-refractivity contribution is 14.0. The molecule has 0 bridgehead atoms. The zero-order valence-corrected chi connectivity index (χ0v) is 22.8. The number of hydrogen-bond donors (Lipinski definition) is 2. The van der Waals surface area contributed by atoms with Crippen LogP contribution >= 0.6 is 24.0 Å². The van der Waals surface area contributed by atoms with E-state index in [1.54, 1.807) is 7.11 Å². The van der Waals surface area contributed by atoms with Crippen molar-refractivity contribution < 1.29 is 4.74 Å². The Balaban J connectivity index is 0.00000385. The Morgan fingerprint density at radius 3 is 2.21 bits per heavy atom. The fraction of sp³-hybridized carbons (Fsp3) is 0.500. The van der Waals surface area contributed by atoms with Gasteiger partial charge in [0.1, 0.15) is 5.75 Å². The summed E-state index contributed by atoms with van der Waals surface area (Å²) in [7, 11) is 5.72. The van der Waals surface area contributed by atoms with E-state index in [0.29, 0.717) is 5.92 Å². The van der Waals surface area contributed by atoms with Crippen molar-refractivity contribution in [2.45, 2.75) is 32.4 Å². The molecule has 6 nitrogen and oxygen atoms in total. The molecule has 1 heterocycles. The van der Waals surface area contributed by atoms with Gasteiger partial charge in [0.2, 0.25) is 0 Å². The maximum absolute atomic E-state index is 5.24. The molecule has 0 saturated carbocycles. The third-order valence-corrected chi connectivity index (χ3v) is 6.26. The summed E-state index contributed by atoms with van der Waals surface area (Å²) < 4.78 is 5.24. The standard InChI is InChI=1S/C26H39N5O.HI/c1-21(24-9-11-25(32-4)12-10-24)13-14-28-26(27-2)29-19-22-5-7-23(8-6-22)20-31-17-15-30(3)16-18-31;/h5-12,21H,13-20H2,1-4H3,(H2,27,28,29);1H. The predicted octanol–water partition coefficient (Wildman–Crippen LogP) is 3.92. The van der Waals surface area contributed by atoms with Gasteiger partial charge in [0.25, 0.3) is 0 Å². The van der Waals surface area contributed by atoms with Crippen LogP contribution in [0.3, 0.4) is 0 Å². The summed E-state index contributed by atoms with van der Waals surface area (Å²) in [5.74, 6) is 2.21. The number of likely N-dealkylation sites (N-methyl/N-ethyl adjacent to an activating group) is 1. The van der Waals surface area contributed by atoms with Gasteiger partial charge in [-0.25, -0.2) is 0 Å². The third kappa shape index (κ3) is 9.14. The molecule has 3 rings (SSSR count). The first-order valence-electron chi connectivity index (χ1n) is 11.6. The molecule has 33 heavy (non-hydrogen) atoms. The van der Waals surface area contributed by atoms with Gasteiger partial charge < -0.3 is 20.3 Å². The summed E-state index contributed by atoms with van der Waals surface area (Å²) in [6.45, 7) is 9.55. The van der Waals surface area contributed by atoms with E-state index in [4.69, 9.17) is 4.74 Å². The van der Waals surface area contributed by atoms with Crippen molar-refractivity contribution in [3.63, 3.8) is 0 Å². The van der Waals surface area contributed by atoms with Crippen LogP contribution in [0.1, 0.15) is 36.0 Å². The fourth-order valence-electron chi connectivity index (χ4n) is 3.94. The van der Waals surface area contributed by atoms with E-state index in [2.05, 4.69) is 75.8 Å². The van der Waals surface area contributed by atoms with Gasteiger partial charge in [-0.05, 0) is 48.2 Å². The molecule has 1 saturated heterocycles. The van der Waals surface area contributed by atoms with Gasteiger partial charge in [0.15, 0.2) is 5.96 Å². The highest BCUT2D eigenvalue weighted by Gasteiger charge is 2.13. The highest BCUT2D eigenvalue weighted by Crippen LogP contribution is 2.21. The summed E-state index contributed by atoms with van der Waals surface area (Å²) >= 11 is 0. The number of piperazine rings is 1. The lowest BCUT2D eigenvalue weighted by Crippen LogP contribution is -2.43. The van der Waals surface area contributed by atoms with Crippen molar-refractivity contribution in [1.82, 2.24) is 20.4 Å². The second kappa shape index (κ2) is 14.4. The first kappa shape index (κ1) is 27.4. The first-order chi connectivity index (χ1) is 15.6. The number of rotatable bonds is 9. The predicted molar refractivity (Wildman–Crippen MR) is 149 cm³/mol. The lowest BCUT2D eigenvalue weighted by Gasteiger charge is -2.32. The number of halogens is 1. The Bertz CT molecular complexity index is 833. The maximum Gasteiger partial charge on any atom is 0.191 e. The number of ether oxygens (including phenoxy) is 1. The van der Waals surface area contributed by atoms with Crippen molar-refractivity contribution >= 4 is 29.9 Å². The lowest BCUT2D eigenvalue weighted by atomic mass is 9.98. The van der Waals surface area contributed by atoms with Gasteiger partial charge in [-0.2, -0.15) is 0 Å². The molecule has 2 aromatic rings. The van der Waals surface area contributed by atoms with Gasteiger partial charge in [-0.3, -0.25) is 9.89 Å². The van der Waals surface area contributed by atoms with Crippen LogP contribution < -0.4 is 15.4 Å². The van der Waals surface area contributed by atoms with Crippen LogP contribution in [0.2, 0.25) is 0 Å². The summed E-state index contributed by atoms with van der Waals surface area (Å²) in [6.07, 6.45) is 1.04. The Kier molecular flexibility index (Phi) is 12.0. The van der Waals surface area contributed by atoms with E-state index >= 15 is 0 Å². The van der Waals surface area contributed by atoms with Gasteiger partial charge in [0, 0.05) is 52.9 Å². The smallest absolute Gasteiger partial charge is 0.191 e. The first-order valence-corrected chi connectivity index (χ1v) is 11.6. The van der Waals surface area contributed by atoms with E-state index in [9.17, 15) is 0 Å². The summed E-state index contributed by atoms with van der Waals surface area (Å²) in [5, 5.41) is 6.86. The van der Waals surface area contributed by atoms with Gasteiger partial charge in [-0.15, -0.1) is 24.0 Å². The topological polar surface area (TPSA) is 52.1 Å². The number of benzene rings is 2. The van der Waals surface area contributed by atoms with Gasteiger partial charge >= 0.3 is 0 Å². The summed E-state index contributed by atoms with van der Waals surface area (Å²) in [6, 6.07) is 17.3. The molecule has 1 aliphatic rings. The van der Waals surface area contributed by atoms with Crippen molar-refractivity contribution in [2.24, 2.45) is 4.99 Å². The molecule has 0 aliphatic carbocycles. The number of hydrogen-bond acceptors (Lipinski definition) is 4. The Hall–Kier alpha value is -1.84. The maximum atomic E-state index is 5.24. The molecule has 1 fully saturated rings. The largest absolute Gasteiger partial charge is 0.497 e. The van der Waals surface area contributed by atoms with Gasteiger partial charge in [-0.1, -0.05) is 43.3 Å². The van der Waals surface area contributed by atoms with Crippen molar-refractivity contribution in [3.05, 3.63) is 65.2 Å². The van der Waals surface area contributed by atoms with E-state index in [1.807, 2.05) is 19.2 Å². The quantitative estimate of drug-likeness (QED) is 0.275. The Labute approximate surface area is 216 Å². The van der Waals surface area contributed by atoms with Crippen molar-refractivity contribution in [1.29, 1.82) is 0 Å². The number of nitrogens with one attached hydrogen (secondary N) is 2. The Morgan fingerprint density at radius 1 is 0.970 bits per heavy atom. The zero-order chi connectivity index (χ0) is 22.8. The second-order valence-corrected chi connectivity index (χ2v) is 8.71. The van der Waals surface area contributed by atoms with Crippen LogP contribution in [0, 0.1) is 0 Å². The monoisotopic (exact) mass is 565 g/mol. The molecule has 1 aliphatic heterocycles. The summed E-state index contributed by atoms with van der Waals surface area (Å²) in [4.78, 5) is 9.29. The average Bonchev–Trinajstić information content (AvgIpc) is 2.83. The molecular weight excluding hydrogens is 525 g/mol. The van der Waals surface area contributed by atoms with Crippen LogP contribution in [0.4, 0.5) is 0 Å². The molecule has 2 aromatic carbocycles. The molecule has 182 valence electrons. The summed E-state index contributed by atoms with van der Waals surface area (Å²) in [5.41, 5.74) is 3.97. The normalized spacial score (nSPS) is 16.1. The molecule has 2 N–H and O–H groups in total. The van der Waals surface area contributed by atoms with E-state index < -0.39 is 0 Å². The minimum absolute atomic E-state index is 0. The van der Waals surface area contributed by atoms with Crippen molar-refractivity contribution in [3.8, 4) is 5.75 Å². The number of methoxy groups -OCH3 is 1. The minimum atomic E-state index is 0. The molecule has 7 heteroatoms. The molecule has 0 amide bonds. The third-order valence-electron chi connectivity index (χ3n) is 6.26. The zero-order valence-electron chi connectivity index (χ0n) is 20.5. The van der Waals surface area contributed by atoms with Crippen LogP contribution in [-0.4, -0.2) is 69.7 Å². The molecule has 1 unspecified atom stereocenters. The fourth-order valence-corrected chi connectivity index (χ4v) is 3.94. The van der Waals surface area contributed by atoms with E-state index in [-0.39, 0.29) is 24.0 Å². The molecule has 0 aromatic heterocycles. The molecule has 0 spiro atoms. The van der Waals surface area contributed by atoms with Crippen LogP contribution in [0.15, 0.2) is 53.5 Å². The number of aliphatic imine (C=N–C) groups is 1. The second-order valence-electron chi connectivity index (χ2n) is 8.71. The van der Waals surface area contributed by atoms with Crippen molar-refractivity contribution in [2.75, 3.05) is 53.9 Å². The Morgan fingerprint density at radius 2 is 1.61 bits per heavy atom. The van der Waals surface area contributed by atoms with E-state index in [0.717, 1.165) is 63.9 Å². The van der Waals surface area contributed by atoms with Crippen LogP contribution in [0.25, 0.3) is 0 Å². The SMILES string of the molecule is CN=C(NCCC(C)c1ccc(OC)cc1)NCc1ccc(CN2CCN(C)CC2)cc1.I. The molecule has 0 radical (unpaired) electrons. The van der Waals surface area contributed by atoms with E-state index in [1.165, 1.54) is 16.7 Å². The minimum Gasteiger partial charge on any atom is -0.497 e. The average molecular weight is 566 g/mol. The number of guanidine groups is 1. The number of nitrogens with zero attached hydrogens (tertiary/aromatic N) is 3. The van der Waals surface area contributed by atoms with Gasteiger partial charge in [0.05, 0.1) is 7.11 Å². The van der Waals surface area contributed by atoms with Crippen LogP contribution in [-0.2, 0) is 13.1 Å². The highest BCUT2D eigenvalue weighted by atomic mass is 127. The lowest BCUT2D eigenvalue weighted by molar-refractivity contribution is 0.148. The molecule has 1 atom stereocenters.